The highest BCUT2D eigenvalue weighted by Crippen LogP contribution is 2.15. The molecule has 2 nitrogen and oxygen atoms in total. The number of rotatable bonds is 7. The van der Waals surface area contributed by atoms with Crippen molar-refractivity contribution in [2.45, 2.75) is 44.2 Å². The normalized spacial score (nSPS) is 13.6. The van der Waals surface area contributed by atoms with Gasteiger partial charge in [0.1, 0.15) is 0 Å². The molecule has 0 aliphatic carbocycles. The van der Waals surface area contributed by atoms with Gasteiger partial charge < -0.3 is 10.6 Å². The van der Waals surface area contributed by atoms with Crippen molar-refractivity contribution in [1.29, 1.82) is 0 Å². The summed E-state index contributed by atoms with van der Waals surface area (Å²) >= 11 is 1.90. The van der Waals surface area contributed by atoms with Crippen molar-refractivity contribution in [3.63, 3.8) is 0 Å². The monoisotopic (exact) mass is 266 g/mol. The second kappa shape index (κ2) is 7.82. The van der Waals surface area contributed by atoms with Gasteiger partial charge >= 0.3 is 0 Å². The molecule has 1 rings (SSSR count). The molecule has 0 saturated carbocycles. The van der Waals surface area contributed by atoms with Gasteiger partial charge in [0.25, 0.3) is 0 Å². The topological polar surface area (TPSA) is 24.1 Å². The predicted molar refractivity (Wildman–Crippen MR) is 82.4 cm³/mol. The Hall–Kier alpha value is -0.510. The van der Waals surface area contributed by atoms with Crippen molar-refractivity contribution in [3.8, 4) is 0 Å². The van der Waals surface area contributed by atoms with Crippen LogP contribution in [0.3, 0.4) is 0 Å². The zero-order valence-electron chi connectivity index (χ0n) is 12.0. The van der Waals surface area contributed by atoms with E-state index in [1.54, 1.807) is 0 Å². The minimum absolute atomic E-state index is 0.203. The number of nitrogens with one attached hydrogen (secondary N) is 2. The van der Waals surface area contributed by atoms with Gasteiger partial charge in [-0.05, 0) is 39.8 Å². The molecule has 0 aliphatic heterocycles. The smallest absolute Gasteiger partial charge is 0.0164 e. The van der Waals surface area contributed by atoms with E-state index >= 15 is 0 Å². The van der Waals surface area contributed by atoms with Crippen LogP contribution in [0.2, 0.25) is 0 Å². The number of hydrogen-bond donors (Lipinski definition) is 2. The standard InChI is InChI=1S/C15H26N2S/c1-13(12-17-15(2,3)4)16-10-11-18-14-8-6-5-7-9-14/h5-9,13,16-17H,10-12H2,1-4H3. The molecule has 0 bridgehead atoms. The summed E-state index contributed by atoms with van der Waals surface area (Å²) in [6, 6.07) is 11.1. The fourth-order valence-corrected chi connectivity index (χ4v) is 2.33. The van der Waals surface area contributed by atoms with Crippen LogP contribution < -0.4 is 10.6 Å². The first-order valence-electron chi connectivity index (χ1n) is 6.63. The number of hydrogen-bond acceptors (Lipinski definition) is 3. The summed E-state index contributed by atoms with van der Waals surface area (Å²) in [5.41, 5.74) is 0.203. The van der Waals surface area contributed by atoms with Gasteiger partial charge in [-0.25, -0.2) is 0 Å². The van der Waals surface area contributed by atoms with Gasteiger partial charge in [0, 0.05) is 35.3 Å². The van der Waals surface area contributed by atoms with Crippen molar-refractivity contribution >= 4 is 11.8 Å². The van der Waals surface area contributed by atoms with E-state index in [1.165, 1.54) is 4.90 Å². The van der Waals surface area contributed by atoms with E-state index in [0.717, 1.165) is 18.8 Å². The van der Waals surface area contributed by atoms with E-state index < -0.39 is 0 Å². The SMILES string of the molecule is CC(CNC(C)(C)C)NCCSc1ccccc1. The maximum Gasteiger partial charge on any atom is 0.0164 e. The van der Waals surface area contributed by atoms with Crippen molar-refractivity contribution in [1.82, 2.24) is 10.6 Å². The summed E-state index contributed by atoms with van der Waals surface area (Å²) in [4.78, 5) is 1.35. The largest absolute Gasteiger partial charge is 0.312 e. The molecule has 0 amide bonds. The summed E-state index contributed by atoms with van der Waals surface area (Å²) in [5, 5.41) is 7.05. The molecule has 2 N–H and O–H groups in total. The third-order valence-corrected chi connectivity index (χ3v) is 3.56. The summed E-state index contributed by atoms with van der Waals surface area (Å²) in [7, 11) is 0. The lowest BCUT2D eigenvalue weighted by Crippen LogP contribution is -2.45. The van der Waals surface area contributed by atoms with Crippen LogP contribution in [-0.2, 0) is 0 Å². The average molecular weight is 266 g/mol. The second-order valence-corrected chi connectivity index (χ2v) is 6.82. The van der Waals surface area contributed by atoms with Crippen molar-refractivity contribution in [2.75, 3.05) is 18.8 Å². The van der Waals surface area contributed by atoms with Crippen LogP contribution >= 0.6 is 11.8 Å². The highest BCUT2D eigenvalue weighted by Gasteiger charge is 2.10. The summed E-state index contributed by atoms with van der Waals surface area (Å²) in [6.45, 7) is 10.9. The van der Waals surface area contributed by atoms with E-state index in [4.69, 9.17) is 0 Å². The lowest BCUT2D eigenvalue weighted by atomic mass is 10.1. The van der Waals surface area contributed by atoms with Crippen LogP contribution in [0.5, 0.6) is 0 Å². The Balaban J connectivity index is 2.07. The van der Waals surface area contributed by atoms with Crippen LogP contribution in [0.4, 0.5) is 0 Å². The van der Waals surface area contributed by atoms with Gasteiger partial charge in [-0.3, -0.25) is 0 Å². The fraction of sp³-hybridized carbons (Fsp3) is 0.600. The Bertz CT molecular complexity index is 319. The van der Waals surface area contributed by atoms with Gasteiger partial charge in [0.05, 0.1) is 0 Å². The first kappa shape index (κ1) is 15.5. The first-order valence-corrected chi connectivity index (χ1v) is 7.62. The van der Waals surface area contributed by atoms with E-state index in [9.17, 15) is 0 Å². The first-order chi connectivity index (χ1) is 8.47. The molecule has 0 fully saturated rings. The zero-order chi connectivity index (χ0) is 13.4. The average Bonchev–Trinajstić information content (AvgIpc) is 2.33. The summed E-state index contributed by atoms with van der Waals surface area (Å²) in [5.74, 6) is 1.11. The third kappa shape index (κ3) is 7.75. The Kier molecular flexibility index (Phi) is 6.76. The number of thioether (sulfide) groups is 1. The fourth-order valence-electron chi connectivity index (χ4n) is 1.52. The molecule has 102 valence electrons. The molecule has 1 aromatic carbocycles. The zero-order valence-corrected chi connectivity index (χ0v) is 12.8. The molecule has 0 spiro atoms. The van der Waals surface area contributed by atoms with Crippen LogP contribution in [0.15, 0.2) is 35.2 Å². The second-order valence-electron chi connectivity index (χ2n) is 5.65. The van der Waals surface area contributed by atoms with Crippen LogP contribution in [0, 0.1) is 0 Å². The molecule has 0 aliphatic rings. The summed E-state index contributed by atoms with van der Waals surface area (Å²) < 4.78 is 0. The minimum Gasteiger partial charge on any atom is -0.312 e. The molecule has 0 saturated heterocycles. The van der Waals surface area contributed by atoms with E-state index in [2.05, 4.69) is 68.7 Å². The van der Waals surface area contributed by atoms with E-state index in [0.29, 0.717) is 6.04 Å². The maximum absolute atomic E-state index is 3.54. The highest BCUT2D eigenvalue weighted by molar-refractivity contribution is 7.99. The third-order valence-electron chi connectivity index (χ3n) is 2.55. The Morgan fingerprint density at radius 1 is 1.17 bits per heavy atom. The minimum atomic E-state index is 0.203. The highest BCUT2D eigenvalue weighted by atomic mass is 32.2. The lowest BCUT2D eigenvalue weighted by Gasteiger charge is -2.24. The summed E-state index contributed by atoms with van der Waals surface area (Å²) in [6.07, 6.45) is 0. The van der Waals surface area contributed by atoms with Crippen LogP contribution in [0.1, 0.15) is 27.7 Å². The predicted octanol–water partition coefficient (Wildman–Crippen LogP) is 3.14. The van der Waals surface area contributed by atoms with E-state index in [-0.39, 0.29) is 5.54 Å². The maximum atomic E-state index is 3.54. The van der Waals surface area contributed by atoms with Gasteiger partial charge in [-0.1, -0.05) is 18.2 Å². The molecule has 1 aromatic rings. The van der Waals surface area contributed by atoms with Crippen LogP contribution in [0.25, 0.3) is 0 Å². The van der Waals surface area contributed by atoms with Crippen LogP contribution in [-0.4, -0.2) is 30.4 Å². The van der Waals surface area contributed by atoms with Gasteiger partial charge in [0.15, 0.2) is 0 Å². The van der Waals surface area contributed by atoms with Crippen molar-refractivity contribution in [3.05, 3.63) is 30.3 Å². The lowest BCUT2D eigenvalue weighted by molar-refractivity contribution is 0.391. The molecule has 0 radical (unpaired) electrons. The number of benzene rings is 1. The quantitative estimate of drug-likeness (QED) is 0.585. The van der Waals surface area contributed by atoms with Crippen molar-refractivity contribution < 1.29 is 0 Å². The molecular formula is C15H26N2S. The Labute approximate surface area is 116 Å². The molecule has 0 heterocycles. The van der Waals surface area contributed by atoms with Gasteiger partial charge in [0.2, 0.25) is 0 Å². The Morgan fingerprint density at radius 3 is 2.44 bits per heavy atom. The van der Waals surface area contributed by atoms with Crippen molar-refractivity contribution in [2.24, 2.45) is 0 Å². The molecule has 0 aromatic heterocycles. The van der Waals surface area contributed by atoms with E-state index in [1.807, 2.05) is 11.8 Å². The Morgan fingerprint density at radius 2 is 1.83 bits per heavy atom. The molecule has 18 heavy (non-hydrogen) atoms. The molecule has 3 heteroatoms. The molecular weight excluding hydrogens is 240 g/mol. The van der Waals surface area contributed by atoms with Gasteiger partial charge in [-0.2, -0.15) is 0 Å². The van der Waals surface area contributed by atoms with Gasteiger partial charge in [-0.15, -0.1) is 11.8 Å². The molecule has 1 atom stereocenters. The molecule has 1 unspecified atom stereocenters.